The third kappa shape index (κ3) is 4.14. The van der Waals surface area contributed by atoms with E-state index in [1.165, 1.54) is 12.8 Å². The van der Waals surface area contributed by atoms with Crippen molar-refractivity contribution >= 4 is 11.7 Å². The smallest absolute Gasteiger partial charge is 0.271 e. The van der Waals surface area contributed by atoms with Gasteiger partial charge < -0.3 is 15.5 Å². The molecule has 2 heterocycles. The first kappa shape index (κ1) is 15.7. The van der Waals surface area contributed by atoms with Crippen molar-refractivity contribution in [1.82, 2.24) is 20.8 Å². The number of nitrogens with zero attached hydrogens (tertiary/aromatic N) is 3. The van der Waals surface area contributed by atoms with Crippen LogP contribution in [0.5, 0.6) is 0 Å². The SMILES string of the molecule is CNC(=O)c1ccc(N(CC2CCCNC2)C(C)C)nn1. The van der Waals surface area contributed by atoms with Gasteiger partial charge in [0.1, 0.15) is 0 Å². The summed E-state index contributed by atoms with van der Waals surface area (Å²) >= 11 is 0. The molecule has 1 fully saturated rings. The van der Waals surface area contributed by atoms with Crippen molar-refractivity contribution in [3.05, 3.63) is 17.8 Å². The van der Waals surface area contributed by atoms with Crippen LogP contribution in [-0.2, 0) is 0 Å². The molecule has 2 rings (SSSR count). The number of rotatable bonds is 5. The van der Waals surface area contributed by atoms with Crippen molar-refractivity contribution in [3.63, 3.8) is 0 Å². The van der Waals surface area contributed by atoms with Gasteiger partial charge in [0, 0.05) is 19.6 Å². The van der Waals surface area contributed by atoms with Crippen LogP contribution in [0.1, 0.15) is 37.2 Å². The van der Waals surface area contributed by atoms with Crippen molar-refractivity contribution < 1.29 is 4.79 Å². The predicted molar refractivity (Wildman–Crippen MR) is 83.5 cm³/mol. The molecule has 2 N–H and O–H groups in total. The maximum Gasteiger partial charge on any atom is 0.271 e. The summed E-state index contributed by atoms with van der Waals surface area (Å²) in [4.78, 5) is 13.8. The van der Waals surface area contributed by atoms with Gasteiger partial charge in [-0.25, -0.2) is 0 Å². The number of carbonyl (C=O) groups excluding carboxylic acids is 1. The molecule has 1 amide bonds. The Labute approximate surface area is 126 Å². The van der Waals surface area contributed by atoms with Gasteiger partial charge in [0.15, 0.2) is 11.5 Å². The summed E-state index contributed by atoms with van der Waals surface area (Å²) in [6, 6.07) is 3.97. The average Bonchev–Trinajstić information content (AvgIpc) is 2.53. The lowest BCUT2D eigenvalue weighted by atomic mass is 9.98. The summed E-state index contributed by atoms with van der Waals surface area (Å²) in [7, 11) is 1.59. The van der Waals surface area contributed by atoms with Crippen molar-refractivity contribution in [2.45, 2.75) is 32.7 Å². The van der Waals surface area contributed by atoms with Crippen molar-refractivity contribution in [1.29, 1.82) is 0 Å². The van der Waals surface area contributed by atoms with Gasteiger partial charge in [-0.3, -0.25) is 4.79 Å². The summed E-state index contributed by atoms with van der Waals surface area (Å²) in [5.41, 5.74) is 0.351. The fraction of sp³-hybridized carbons (Fsp3) is 0.667. The van der Waals surface area contributed by atoms with Crippen LogP contribution < -0.4 is 15.5 Å². The minimum atomic E-state index is -0.207. The lowest BCUT2D eigenvalue weighted by Gasteiger charge is -2.33. The Morgan fingerprint density at radius 1 is 1.48 bits per heavy atom. The Bertz CT molecular complexity index is 454. The Morgan fingerprint density at radius 2 is 2.29 bits per heavy atom. The van der Waals surface area contributed by atoms with E-state index in [2.05, 4.69) is 39.6 Å². The number of nitrogens with one attached hydrogen (secondary N) is 2. The van der Waals surface area contributed by atoms with E-state index in [0.717, 1.165) is 25.5 Å². The fourth-order valence-corrected chi connectivity index (χ4v) is 2.65. The zero-order chi connectivity index (χ0) is 15.2. The lowest BCUT2D eigenvalue weighted by Crippen LogP contribution is -2.41. The largest absolute Gasteiger partial charge is 0.354 e. The Morgan fingerprint density at radius 3 is 2.81 bits per heavy atom. The second kappa shape index (κ2) is 7.36. The average molecular weight is 291 g/mol. The number of aromatic nitrogens is 2. The first-order valence-electron chi connectivity index (χ1n) is 7.65. The minimum Gasteiger partial charge on any atom is -0.354 e. The molecule has 21 heavy (non-hydrogen) atoms. The molecule has 1 saturated heterocycles. The molecule has 0 aromatic carbocycles. The van der Waals surface area contributed by atoms with E-state index in [9.17, 15) is 4.79 Å². The van der Waals surface area contributed by atoms with Crippen LogP contribution >= 0.6 is 0 Å². The van der Waals surface area contributed by atoms with E-state index >= 15 is 0 Å². The maximum atomic E-state index is 11.5. The Kier molecular flexibility index (Phi) is 5.50. The first-order valence-corrected chi connectivity index (χ1v) is 7.65. The molecule has 0 aliphatic carbocycles. The first-order chi connectivity index (χ1) is 10.1. The molecule has 1 unspecified atom stereocenters. The highest BCUT2D eigenvalue weighted by Crippen LogP contribution is 2.19. The second-order valence-corrected chi connectivity index (χ2v) is 5.81. The molecule has 1 aliphatic heterocycles. The molecule has 1 aliphatic rings. The normalized spacial score (nSPS) is 18.6. The van der Waals surface area contributed by atoms with E-state index in [-0.39, 0.29) is 5.91 Å². The van der Waals surface area contributed by atoms with Gasteiger partial charge in [-0.1, -0.05) is 0 Å². The minimum absolute atomic E-state index is 0.207. The second-order valence-electron chi connectivity index (χ2n) is 5.81. The zero-order valence-electron chi connectivity index (χ0n) is 13.1. The molecule has 1 aromatic heterocycles. The number of hydrogen-bond acceptors (Lipinski definition) is 5. The molecule has 0 saturated carbocycles. The van der Waals surface area contributed by atoms with E-state index in [0.29, 0.717) is 17.7 Å². The standard InChI is InChI=1S/C15H25N5O/c1-11(2)20(10-12-5-4-8-17-9-12)14-7-6-13(18-19-14)15(21)16-3/h6-7,11-12,17H,4-5,8-10H2,1-3H3,(H,16,21). The molecule has 0 bridgehead atoms. The molecule has 6 nitrogen and oxygen atoms in total. The molecule has 6 heteroatoms. The van der Waals surface area contributed by atoms with Crippen LogP contribution in [0, 0.1) is 5.92 Å². The van der Waals surface area contributed by atoms with Crippen LogP contribution in [0.25, 0.3) is 0 Å². The van der Waals surface area contributed by atoms with Gasteiger partial charge in [0.25, 0.3) is 5.91 Å². The van der Waals surface area contributed by atoms with Crippen LogP contribution in [0.2, 0.25) is 0 Å². The quantitative estimate of drug-likeness (QED) is 0.848. The predicted octanol–water partition coefficient (Wildman–Crippen LogP) is 1.05. The number of anilines is 1. The summed E-state index contributed by atoms with van der Waals surface area (Å²) in [5, 5.41) is 14.3. The van der Waals surface area contributed by atoms with Gasteiger partial charge >= 0.3 is 0 Å². The highest BCUT2D eigenvalue weighted by molar-refractivity contribution is 5.91. The number of hydrogen-bond donors (Lipinski definition) is 2. The van der Waals surface area contributed by atoms with E-state index in [1.807, 2.05) is 6.07 Å². The van der Waals surface area contributed by atoms with Crippen LogP contribution in [0.4, 0.5) is 5.82 Å². The van der Waals surface area contributed by atoms with Crippen LogP contribution in [-0.4, -0.2) is 48.8 Å². The number of carbonyl (C=O) groups is 1. The van der Waals surface area contributed by atoms with Gasteiger partial charge in [-0.05, 0) is 57.8 Å². The number of piperidine rings is 1. The molecule has 0 spiro atoms. The van der Waals surface area contributed by atoms with Crippen LogP contribution in [0.15, 0.2) is 12.1 Å². The van der Waals surface area contributed by atoms with Gasteiger partial charge in [-0.15, -0.1) is 10.2 Å². The zero-order valence-corrected chi connectivity index (χ0v) is 13.1. The molecule has 116 valence electrons. The Hall–Kier alpha value is -1.69. The third-order valence-electron chi connectivity index (χ3n) is 3.88. The fourth-order valence-electron chi connectivity index (χ4n) is 2.65. The maximum absolute atomic E-state index is 11.5. The van der Waals surface area contributed by atoms with Crippen LogP contribution in [0.3, 0.4) is 0 Å². The van der Waals surface area contributed by atoms with E-state index < -0.39 is 0 Å². The lowest BCUT2D eigenvalue weighted by molar-refractivity contribution is 0.0957. The topological polar surface area (TPSA) is 70.2 Å². The van der Waals surface area contributed by atoms with Gasteiger partial charge in [0.05, 0.1) is 0 Å². The summed E-state index contributed by atoms with van der Waals surface area (Å²) in [6.45, 7) is 7.47. The molecule has 0 radical (unpaired) electrons. The summed E-state index contributed by atoms with van der Waals surface area (Å²) in [6.07, 6.45) is 2.48. The highest BCUT2D eigenvalue weighted by Gasteiger charge is 2.20. The van der Waals surface area contributed by atoms with E-state index in [4.69, 9.17) is 0 Å². The number of amides is 1. The molecular weight excluding hydrogens is 266 g/mol. The highest BCUT2D eigenvalue weighted by atomic mass is 16.1. The summed E-state index contributed by atoms with van der Waals surface area (Å²) < 4.78 is 0. The Balaban J connectivity index is 2.08. The summed E-state index contributed by atoms with van der Waals surface area (Å²) in [5.74, 6) is 1.27. The van der Waals surface area contributed by atoms with Gasteiger partial charge in [0.2, 0.25) is 0 Å². The van der Waals surface area contributed by atoms with Crippen molar-refractivity contribution in [2.24, 2.45) is 5.92 Å². The third-order valence-corrected chi connectivity index (χ3v) is 3.88. The molecular formula is C15H25N5O. The molecule has 1 aromatic rings. The van der Waals surface area contributed by atoms with Crippen molar-refractivity contribution in [2.75, 3.05) is 31.6 Å². The molecule has 1 atom stereocenters. The van der Waals surface area contributed by atoms with Gasteiger partial charge in [-0.2, -0.15) is 0 Å². The van der Waals surface area contributed by atoms with E-state index in [1.54, 1.807) is 13.1 Å². The monoisotopic (exact) mass is 291 g/mol. The van der Waals surface area contributed by atoms with Crippen molar-refractivity contribution in [3.8, 4) is 0 Å².